The molecule has 0 aliphatic carbocycles. The third-order valence-electron chi connectivity index (χ3n) is 13.0. The third kappa shape index (κ3) is 13.4. The van der Waals surface area contributed by atoms with Crippen molar-refractivity contribution in [2.75, 3.05) is 12.5 Å². The second kappa shape index (κ2) is 27.2. The molecular formula is C53H83NP2S2Si2. The highest BCUT2D eigenvalue weighted by Gasteiger charge is 2.38. The quantitative estimate of drug-likeness (QED) is 0.0304. The van der Waals surface area contributed by atoms with E-state index in [4.69, 9.17) is 0 Å². The van der Waals surface area contributed by atoms with Crippen molar-refractivity contribution in [3.63, 3.8) is 0 Å². The molecule has 2 unspecified atom stereocenters. The largest absolute Gasteiger partial charge is 0.242 e. The van der Waals surface area contributed by atoms with E-state index in [-0.39, 0.29) is 0 Å². The Balaban J connectivity index is 1.99. The molecule has 0 saturated carbocycles. The molecule has 0 aliphatic rings. The maximum atomic E-state index is 3.02. The molecule has 1 nitrogen and oxygen atoms in total. The summed E-state index contributed by atoms with van der Waals surface area (Å²) >= 11 is 3.84. The van der Waals surface area contributed by atoms with E-state index >= 15 is 0 Å². The minimum Gasteiger partial charge on any atom is -0.242 e. The summed E-state index contributed by atoms with van der Waals surface area (Å²) in [6, 6.07) is 48.8. The lowest BCUT2D eigenvalue weighted by atomic mass is 10.3. The van der Waals surface area contributed by atoms with E-state index in [1.165, 1.54) is 144 Å². The Kier molecular flexibility index (Phi) is 23.4. The molecule has 4 aromatic rings. The Labute approximate surface area is 383 Å². The van der Waals surface area contributed by atoms with E-state index in [1.54, 1.807) is 10.4 Å². The predicted octanol–water partition coefficient (Wildman–Crippen LogP) is 15.3. The summed E-state index contributed by atoms with van der Waals surface area (Å²) in [6.45, 7) is 19.3. The van der Waals surface area contributed by atoms with E-state index in [1.807, 2.05) is 23.5 Å². The summed E-state index contributed by atoms with van der Waals surface area (Å²) in [4.78, 5) is 2.83. The fourth-order valence-corrected chi connectivity index (χ4v) is 28.9. The van der Waals surface area contributed by atoms with E-state index < -0.39 is 32.3 Å². The lowest BCUT2D eigenvalue weighted by molar-refractivity contribution is 0.583. The van der Waals surface area contributed by atoms with E-state index in [9.17, 15) is 0 Å². The number of hydrogen-bond donors (Lipinski definition) is 0. The van der Waals surface area contributed by atoms with E-state index in [0.29, 0.717) is 6.04 Å². The van der Waals surface area contributed by atoms with Crippen LogP contribution >= 0.6 is 39.7 Å². The van der Waals surface area contributed by atoms with Gasteiger partial charge in [-0.05, 0) is 49.1 Å². The van der Waals surface area contributed by atoms with Crippen molar-refractivity contribution in [2.45, 2.75) is 185 Å². The van der Waals surface area contributed by atoms with Crippen LogP contribution in [0.5, 0.6) is 0 Å². The molecule has 0 aromatic heterocycles. The summed E-state index contributed by atoms with van der Waals surface area (Å²) in [7, 11) is -4.99. The van der Waals surface area contributed by atoms with Crippen LogP contribution in [0.2, 0.25) is 36.3 Å². The zero-order valence-electron chi connectivity index (χ0n) is 39.7. The lowest BCUT2D eigenvalue weighted by Crippen LogP contribution is -2.48. The molecule has 4 rings (SSSR count). The van der Waals surface area contributed by atoms with Crippen LogP contribution in [-0.4, -0.2) is 39.1 Å². The average molecular weight is 917 g/mol. The van der Waals surface area contributed by atoms with Crippen molar-refractivity contribution >= 4 is 87.4 Å². The highest BCUT2D eigenvalue weighted by molar-refractivity contribution is 8.00. The molecule has 0 spiro atoms. The van der Waals surface area contributed by atoms with Gasteiger partial charge >= 0.3 is 0 Å². The SMILES string of the molecule is CCCC[Si](CCCC)(CCCC)c1ccc(P(c2ccccc2SC)N(C(C)C)P(c2ccc([Si](CCCC)(CCCC)CCCC)cc2)c2ccccc2SC)cc1. The Bertz CT molecular complexity index is 1610. The number of nitrogens with zero attached hydrogens (tertiary/aromatic N) is 1. The third-order valence-corrected chi connectivity index (χ3v) is 32.0. The molecule has 0 saturated heterocycles. The summed E-state index contributed by atoms with van der Waals surface area (Å²) in [5, 5.41) is 9.46. The standard InChI is InChI=1S/C53H83NP2S2Si2/c1-11-17-39-59(40-18-12-2,41-19-13-3)48-35-31-46(32-36-48)55(50-27-23-25-29-52(50)57-9)54(45(7)8)56(51-28-24-26-30-53(51)58-10)47-33-37-49(38-34-47)60(42-20-14-4,43-21-15-5)44-22-16-6/h23-38,45H,11-22,39-44H2,1-10H3. The normalized spacial score (nSPS) is 13.3. The second-order valence-corrected chi connectivity index (χ2v) is 33.1. The van der Waals surface area contributed by atoms with Crippen LogP contribution in [0.25, 0.3) is 0 Å². The Morgan fingerprint density at radius 3 is 0.967 bits per heavy atom. The summed E-state index contributed by atoms with van der Waals surface area (Å²) < 4.78 is 3.02. The van der Waals surface area contributed by atoms with Crippen molar-refractivity contribution < 1.29 is 0 Å². The molecule has 0 fully saturated rings. The number of benzene rings is 4. The number of hydrogen-bond acceptors (Lipinski definition) is 3. The van der Waals surface area contributed by atoms with Crippen LogP contribution < -0.4 is 31.6 Å². The first-order valence-corrected chi connectivity index (χ1v) is 34.4. The van der Waals surface area contributed by atoms with E-state index in [2.05, 4.69) is 169 Å². The summed E-state index contributed by atoms with van der Waals surface area (Å²) in [6.07, 6.45) is 20.6. The molecule has 0 radical (unpaired) electrons. The summed E-state index contributed by atoms with van der Waals surface area (Å²) in [5.41, 5.74) is 0. The van der Waals surface area contributed by atoms with Gasteiger partial charge in [-0.15, -0.1) is 23.5 Å². The Hall–Kier alpha value is -1.17. The topological polar surface area (TPSA) is 3.24 Å². The minimum absolute atomic E-state index is 0.339. The van der Waals surface area contributed by atoms with Gasteiger partial charge in [-0.3, -0.25) is 0 Å². The van der Waals surface area contributed by atoms with Crippen LogP contribution in [-0.2, 0) is 0 Å². The predicted molar refractivity (Wildman–Crippen MR) is 288 cm³/mol. The molecule has 60 heavy (non-hydrogen) atoms. The van der Waals surface area contributed by atoms with Gasteiger partial charge in [0.25, 0.3) is 0 Å². The molecule has 0 amide bonds. The van der Waals surface area contributed by atoms with Crippen molar-refractivity contribution in [3.8, 4) is 0 Å². The lowest BCUT2D eigenvalue weighted by Gasteiger charge is -2.43. The molecule has 4 aromatic carbocycles. The monoisotopic (exact) mass is 915 g/mol. The maximum absolute atomic E-state index is 3.02. The van der Waals surface area contributed by atoms with Crippen LogP contribution in [0.4, 0.5) is 0 Å². The first-order valence-electron chi connectivity index (χ1n) is 24.1. The van der Waals surface area contributed by atoms with Gasteiger partial charge in [0, 0.05) is 42.6 Å². The fourth-order valence-electron chi connectivity index (χ4n) is 9.52. The molecule has 0 bridgehead atoms. The molecule has 7 heteroatoms. The van der Waals surface area contributed by atoms with Crippen LogP contribution in [0.15, 0.2) is 107 Å². The van der Waals surface area contributed by atoms with Crippen molar-refractivity contribution in [3.05, 3.63) is 97.1 Å². The highest BCUT2D eigenvalue weighted by Crippen LogP contribution is 2.57. The highest BCUT2D eigenvalue weighted by atomic mass is 32.2. The van der Waals surface area contributed by atoms with Crippen molar-refractivity contribution in [2.24, 2.45) is 0 Å². The molecule has 0 aliphatic heterocycles. The van der Waals surface area contributed by atoms with Gasteiger partial charge in [-0.2, -0.15) is 0 Å². The second-order valence-electron chi connectivity index (χ2n) is 17.7. The van der Waals surface area contributed by atoms with Gasteiger partial charge in [-0.1, -0.05) is 250 Å². The fraction of sp³-hybridized carbons (Fsp3) is 0.547. The molecule has 0 N–H and O–H groups in total. The molecule has 0 heterocycles. The maximum Gasteiger partial charge on any atom is 0.0867 e. The van der Waals surface area contributed by atoms with Crippen molar-refractivity contribution in [1.82, 2.24) is 4.44 Å². The minimum atomic E-state index is -1.63. The van der Waals surface area contributed by atoms with Crippen LogP contribution in [0, 0.1) is 0 Å². The van der Waals surface area contributed by atoms with Gasteiger partial charge in [0.15, 0.2) is 0 Å². The number of thioether (sulfide) groups is 2. The molecule has 2 atom stereocenters. The Morgan fingerprint density at radius 1 is 0.433 bits per heavy atom. The van der Waals surface area contributed by atoms with Gasteiger partial charge in [0.2, 0.25) is 0 Å². The average Bonchev–Trinajstić information content (AvgIpc) is 3.29. The van der Waals surface area contributed by atoms with E-state index in [0.717, 1.165) is 0 Å². The Morgan fingerprint density at radius 2 is 0.717 bits per heavy atom. The smallest absolute Gasteiger partial charge is 0.0867 e. The number of unbranched alkanes of at least 4 members (excludes halogenated alkanes) is 6. The molecular weight excluding hydrogens is 833 g/mol. The van der Waals surface area contributed by atoms with Gasteiger partial charge in [0.05, 0.1) is 16.1 Å². The van der Waals surface area contributed by atoms with Gasteiger partial charge < -0.3 is 0 Å². The first kappa shape index (κ1) is 51.5. The first-order chi connectivity index (χ1) is 29.2. The van der Waals surface area contributed by atoms with Crippen molar-refractivity contribution in [1.29, 1.82) is 0 Å². The van der Waals surface area contributed by atoms with Crippen LogP contribution in [0.1, 0.15) is 132 Å². The summed E-state index contributed by atoms with van der Waals surface area (Å²) in [5.74, 6) is 0. The van der Waals surface area contributed by atoms with Crippen LogP contribution in [0.3, 0.4) is 0 Å². The molecule has 330 valence electrons. The zero-order chi connectivity index (χ0) is 43.4. The number of rotatable bonds is 29. The van der Waals surface area contributed by atoms with Gasteiger partial charge in [0.1, 0.15) is 0 Å². The van der Waals surface area contributed by atoms with Gasteiger partial charge in [-0.25, -0.2) is 4.44 Å². The zero-order valence-corrected chi connectivity index (χ0v) is 45.1.